The number of aryl methyl sites for hydroxylation is 1. The highest BCUT2D eigenvalue weighted by molar-refractivity contribution is 5.85. The van der Waals surface area contributed by atoms with Gasteiger partial charge in [-0.25, -0.2) is 0 Å². The number of halogens is 1. The Morgan fingerprint density at radius 3 is 0.867 bits per heavy atom. The minimum Gasteiger partial charge on any atom is -0.371 e. The second kappa shape index (κ2) is 36.2. The van der Waals surface area contributed by atoms with Gasteiger partial charge in [-0.3, -0.25) is 0 Å². The van der Waals surface area contributed by atoms with Crippen LogP contribution in [0.25, 0.3) is 0 Å². The van der Waals surface area contributed by atoms with Gasteiger partial charge in [0, 0.05) is 18.8 Å². The average Bonchev–Trinajstić information content (AvgIpc) is 3.03. The molecule has 0 heterocycles. The Morgan fingerprint density at radius 1 is 0.356 bits per heavy atom. The number of hydrogen-bond donors (Lipinski definition) is 0. The van der Waals surface area contributed by atoms with Crippen molar-refractivity contribution < 1.29 is 0 Å². The Morgan fingerprint density at radius 2 is 0.600 bits per heavy atom. The van der Waals surface area contributed by atoms with Gasteiger partial charge in [-0.05, 0) is 31.4 Å². The Kier molecular flexibility index (Phi) is 35.6. The fourth-order valence-corrected chi connectivity index (χ4v) is 6.97. The molecule has 266 valence electrons. The van der Waals surface area contributed by atoms with E-state index in [0.717, 1.165) is 0 Å². The van der Waals surface area contributed by atoms with E-state index in [1.54, 1.807) is 0 Å². The molecule has 0 aliphatic carbocycles. The van der Waals surface area contributed by atoms with Crippen LogP contribution in [0, 0.1) is 6.92 Å². The Hall–Kier alpha value is -0.690. The first kappa shape index (κ1) is 44.3. The van der Waals surface area contributed by atoms with E-state index in [9.17, 15) is 0 Å². The van der Waals surface area contributed by atoms with Crippen LogP contribution in [0.5, 0.6) is 0 Å². The molecule has 0 saturated heterocycles. The van der Waals surface area contributed by atoms with Crippen LogP contribution >= 0.6 is 12.4 Å². The van der Waals surface area contributed by atoms with Gasteiger partial charge in [0.1, 0.15) is 0 Å². The Bertz CT molecular complexity index is 652. The van der Waals surface area contributed by atoms with Crippen molar-refractivity contribution in [3.05, 3.63) is 29.8 Å². The van der Waals surface area contributed by atoms with Crippen LogP contribution in [-0.2, 0) is 0 Å². The maximum atomic E-state index is 2.71. The number of anilines is 1. The summed E-state index contributed by atoms with van der Waals surface area (Å²) in [7, 11) is 0. The molecule has 0 amide bonds. The largest absolute Gasteiger partial charge is 0.371 e. The van der Waals surface area contributed by atoms with Crippen LogP contribution in [0.15, 0.2) is 24.3 Å². The Labute approximate surface area is 291 Å². The molecule has 0 fully saturated rings. The molecule has 0 N–H and O–H groups in total. The summed E-state index contributed by atoms with van der Waals surface area (Å²) in [5.74, 6) is 0. The fourth-order valence-electron chi connectivity index (χ4n) is 6.97. The molecule has 1 aromatic carbocycles. The van der Waals surface area contributed by atoms with Gasteiger partial charge in [0.25, 0.3) is 0 Å². The third-order valence-corrected chi connectivity index (χ3v) is 10.0. The van der Waals surface area contributed by atoms with Crippen molar-refractivity contribution in [3.8, 4) is 0 Å². The maximum Gasteiger partial charge on any atom is 0.0395 e. The van der Waals surface area contributed by atoms with Gasteiger partial charge < -0.3 is 4.90 Å². The van der Waals surface area contributed by atoms with Crippen molar-refractivity contribution in [3.63, 3.8) is 0 Å². The summed E-state index contributed by atoms with van der Waals surface area (Å²) in [5, 5.41) is 0. The van der Waals surface area contributed by atoms with E-state index >= 15 is 0 Å². The molecule has 0 unspecified atom stereocenters. The van der Waals surface area contributed by atoms with E-state index < -0.39 is 0 Å². The standard InChI is InChI=1S/C43H81N.ClH/c1-4-6-8-10-12-14-16-18-20-22-24-26-28-30-32-36-40-44(43-39-35-34-38-42(43)3)41-37-33-31-29-27-25-23-21-19-17-15-13-11-9-7-5-2;/h34-35,38-39H,4-33,36-37,40-41H2,1-3H3;1H. The lowest BCUT2D eigenvalue weighted by atomic mass is 10.0. The molecule has 2 heteroatoms. The minimum atomic E-state index is 0. The molecule has 0 aliphatic rings. The monoisotopic (exact) mass is 648 g/mol. The van der Waals surface area contributed by atoms with Gasteiger partial charge in [-0.2, -0.15) is 0 Å². The van der Waals surface area contributed by atoms with E-state index in [0.29, 0.717) is 0 Å². The topological polar surface area (TPSA) is 3.24 Å². The highest BCUT2D eigenvalue weighted by Crippen LogP contribution is 2.22. The summed E-state index contributed by atoms with van der Waals surface area (Å²) in [6, 6.07) is 9.08. The zero-order valence-electron chi connectivity index (χ0n) is 31.2. The first-order valence-corrected chi connectivity index (χ1v) is 20.6. The molecule has 1 nitrogen and oxygen atoms in total. The summed E-state index contributed by atoms with van der Waals surface area (Å²) >= 11 is 0. The highest BCUT2D eigenvalue weighted by atomic mass is 35.5. The summed E-state index contributed by atoms with van der Waals surface area (Å²) in [6.45, 7) is 9.39. The number of hydrogen-bond acceptors (Lipinski definition) is 1. The van der Waals surface area contributed by atoms with Gasteiger partial charge in [0.2, 0.25) is 0 Å². The maximum absolute atomic E-state index is 2.71. The second-order valence-corrected chi connectivity index (χ2v) is 14.4. The molecular weight excluding hydrogens is 566 g/mol. The zero-order chi connectivity index (χ0) is 31.6. The van der Waals surface area contributed by atoms with Crippen molar-refractivity contribution in [2.75, 3.05) is 18.0 Å². The SMILES string of the molecule is CCCCCCCCCCCCCCCCCCN(CCCCCCCCCCCCCCCCCC)c1ccccc1C.Cl. The van der Waals surface area contributed by atoms with Crippen LogP contribution in [0.2, 0.25) is 0 Å². The highest BCUT2D eigenvalue weighted by Gasteiger charge is 2.08. The van der Waals surface area contributed by atoms with Crippen LogP contribution < -0.4 is 4.90 Å². The van der Waals surface area contributed by atoms with Crippen molar-refractivity contribution in [1.29, 1.82) is 0 Å². The molecule has 0 saturated carbocycles. The predicted octanol–water partition coefficient (Wildman–Crippen LogP) is 15.7. The van der Waals surface area contributed by atoms with Crippen LogP contribution in [0.1, 0.15) is 225 Å². The summed E-state index contributed by atoms with van der Waals surface area (Å²) in [4.78, 5) is 2.71. The summed E-state index contributed by atoms with van der Waals surface area (Å²) in [5.41, 5.74) is 2.93. The predicted molar refractivity (Wildman–Crippen MR) is 210 cm³/mol. The number of benzene rings is 1. The molecule has 0 aliphatic heterocycles. The zero-order valence-corrected chi connectivity index (χ0v) is 32.0. The first-order valence-electron chi connectivity index (χ1n) is 20.6. The molecule has 1 aromatic rings. The second-order valence-electron chi connectivity index (χ2n) is 14.4. The summed E-state index contributed by atoms with van der Waals surface area (Å²) < 4.78 is 0. The lowest BCUT2D eigenvalue weighted by Gasteiger charge is -2.26. The van der Waals surface area contributed by atoms with Crippen molar-refractivity contribution in [2.24, 2.45) is 0 Å². The van der Waals surface area contributed by atoms with E-state index in [2.05, 4.69) is 49.9 Å². The van der Waals surface area contributed by atoms with Gasteiger partial charge in [-0.1, -0.05) is 225 Å². The van der Waals surface area contributed by atoms with Crippen LogP contribution in [0.3, 0.4) is 0 Å². The van der Waals surface area contributed by atoms with Crippen LogP contribution in [-0.4, -0.2) is 13.1 Å². The lowest BCUT2D eigenvalue weighted by molar-refractivity contribution is 0.524. The quantitative estimate of drug-likeness (QED) is 0.0662. The van der Waals surface area contributed by atoms with Gasteiger partial charge >= 0.3 is 0 Å². The number of para-hydroxylation sites is 1. The fraction of sp³-hybridized carbons (Fsp3) is 0.860. The molecule has 0 radical (unpaired) electrons. The molecule has 0 aromatic heterocycles. The molecular formula is C43H82ClN. The van der Waals surface area contributed by atoms with Gasteiger partial charge in [0.15, 0.2) is 0 Å². The number of rotatable bonds is 35. The number of unbranched alkanes of at least 4 members (excludes halogenated alkanes) is 30. The summed E-state index contributed by atoms with van der Waals surface area (Å²) in [6.07, 6.45) is 46.2. The van der Waals surface area contributed by atoms with E-state index in [1.165, 1.54) is 230 Å². The van der Waals surface area contributed by atoms with Crippen molar-refractivity contribution in [2.45, 2.75) is 226 Å². The average molecular weight is 649 g/mol. The van der Waals surface area contributed by atoms with Gasteiger partial charge in [-0.15, -0.1) is 12.4 Å². The van der Waals surface area contributed by atoms with E-state index in [4.69, 9.17) is 0 Å². The van der Waals surface area contributed by atoms with Crippen LogP contribution in [0.4, 0.5) is 5.69 Å². The smallest absolute Gasteiger partial charge is 0.0395 e. The lowest BCUT2D eigenvalue weighted by Crippen LogP contribution is -2.26. The first-order chi connectivity index (χ1) is 21.8. The number of nitrogens with zero attached hydrogens (tertiary/aromatic N) is 1. The third kappa shape index (κ3) is 29.2. The molecule has 0 bridgehead atoms. The van der Waals surface area contributed by atoms with E-state index in [-0.39, 0.29) is 12.4 Å². The van der Waals surface area contributed by atoms with Gasteiger partial charge in [0.05, 0.1) is 0 Å². The third-order valence-electron chi connectivity index (χ3n) is 10.0. The van der Waals surface area contributed by atoms with Crippen molar-refractivity contribution in [1.82, 2.24) is 0 Å². The molecule has 0 atom stereocenters. The minimum absolute atomic E-state index is 0. The van der Waals surface area contributed by atoms with Crippen molar-refractivity contribution >= 4 is 18.1 Å². The van der Waals surface area contributed by atoms with E-state index in [1.807, 2.05) is 0 Å². The molecule has 0 spiro atoms. The Balaban J connectivity index is 0.0000194. The normalized spacial score (nSPS) is 11.2. The molecule has 1 rings (SSSR count). The molecule has 45 heavy (non-hydrogen) atoms.